The second-order valence-corrected chi connectivity index (χ2v) is 14.0. The van der Waals surface area contributed by atoms with Gasteiger partial charge in [-0.3, -0.25) is 0 Å². The van der Waals surface area contributed by atoms with Crippen LogP contribution in [0.4, 0.5) is 17.1 Å². The molecule has 0 atom stereocenters. The third-order valence-electron chi connectivity index (χ3n) is 10.7. The van der Waals surface area contributed by atoms with Gasteiger partial charge in [-0.05, 0) is 99.8 Å². The van der Waals surface area contributed by atoms with E-state index in [0.29, 0.717) is 5.89 Å². The lowest BCUT2D eigenvalue weighted by atomic mass is 9.99. The molecule has 0 bridgehead atoms. The average molecular weight is 705 g/mol. The first kappa shape index (κ1) is 31.1. The highest BCUT2D eigenvalue weighted by atomic mass is 16.3. The van der Waals surface area contributed by atoms with Gasteiger partial charge in [0.05, 0.1) is 5.69 Å². The smallest absolute Gasteiger partial charge is 0.227 e. The van der Waals surface area contributed by atoms with Crippen LogP contribution in [-0.2, 0) is 0 Å². The summed E-state index contributed by atoms with van der Waals surface area (Å²) in [6, 6.07) is 68.2. The van der Waals surface area contributed by atoms with Crippen molar-refractivity contribution in [2.45, 2.75) is 0 Å². The SMILES string of the molecule is c1ccc(-c2ccc(N(c3ccc4ccccc4c3)c3cc4c5ccc(-c6ccc7oc(-c8ccccc8)nc7c6)cc5oc4c4ccccc34)cc2)cc1. The van der Waals surface area contributed by atoms with Crippen molar-refractivity contribution < 1.29 is 8.83 Å². The van der Waals surface area contributed by atoms with E-state index in [-0.39, 0.29) is 0 Å². The summed E-state index contributed by atoms with van der Waals surface area (Å²) in [5, 5.41) is 6.72. The number of fused-ring (bicyclic) bond motifs is 7. The molecule has 0 aliphatic carbocycles. The van der Waals surface area contributed by atoms with Gasteiger partial charge in [0.1, 0.15) is 16.7 Å². The van der Waals surface area contributed by atoms with Crippen LogP contribution in [0.3, 0.4) is 0 Å². The van der Waals surface area contributed by atoms with Crippen LogP contribution in [0, 0.1) is 0 Å². The molecule has 11 aromatic rings. The molecular formula is C51H32N2O2. The molecule has 11 rings (SSSR count). The number of oxazole rings is 1. The van der Waals surface area contributed by atoms with E-state index in [1.165, 1.54) is 21.9 Å². The molecule has 0 aliphatic rings. The summed E-state index contributed by atoms with van der Waals surface area (Å²) < 4.78 is 12.9. The summed E-state index contributed by atoms with van der Waals surface area (Å²) in [6.07, 6.45) is 0. The number of hydrogen-bond acceptors (Lipinski definition) is 4. The number of furan rings is 1. The fourth-order valence-corrected chi connectivity index (χ4v) is 7.93. The van der Waals surface area contributed by atoms with Gasteiger partial charge in [-0.2, -0.15) is 0 Å². The Morgan fingerprint density at radius 2 is 1.00 bits per heavy atom. The summed E-state index contributed by atoms with van der Waals surface area (Å²) in [4.78, 5) is 7.20. The van der Waals surface area contributed by atoms with Crippen molar-refractivity contribution in [2.24, 2.45) is 0 Å². The van der Waals surface area contributed by atoms with Crippen LogP contribution in [0.15, 0.2) is 203 Å². The summed E-state index contributed by atoms with van der Waals surface area (Å²) in [6.45, 7) is 0. The standard InChI is InChI=1S/C51H32N2O2/c1-3-11-33(12-4-1)35-19-24-40(25-20-35)53(41-26-21-34-13-7-8-16-37(34)29-41)47-32-45-43-27-22-39(31-49(43)54-50(45)44-18-10-9-17-42(44)47)38-23-28-48-46(30-38)52-51(55-48)36-14-5-2-6-15-36/h1-32H. The first-order valence-electron chi connectivity index (χ1n) is 18.5. The Hall–Kier alpha value is -7.43. The molecule has 0 unspecified atom stereocenters. The van der Waals surface area contributed by atoms with E-state index in [2.05, 4.69) is 163 Å². The van der Waals surface area contributed by atoms with Crippen LogP contribution in [0.1, 0.15) is 0 Å². The van der Waals surface area contributed by atoms with Gasteiger partial charge in [-0.15, -0.1) is 0 Å². The van der Waals surface area contributed by atoms with E-state index in [0.717, 1.165) is 77.6 Å². The monoisotopic (exact) mass is 704 g/mol. The number of aromatic nitrogens is 1. The molecule has 0 aliphatic heterocycles. The van der Waals surface area contributed by atoms with Crippen LogP contribution in [0.2, 0.25) is 0 Å². The minimum atomic E-state index is 0.619. The van der Waals surface area contributed by atoms with E-state index in [1.54, 1.807) is 0 Å². The van der Waals surface area contributed by atoms with Gasteiger partial charge in [0.2, 0.25) is 5.89 Å². The molecule has 0 radical (unpaired) electrons. The zero-order valence-electron chi connectivity index (χ0n) is 29.7. The lowest BCUT2D eigenvalue weighted by Crippen LogP contribution is -2.10. The summed E-state index contributed by atoms with van der Waals surface area (Å²) in [5.41, 5.74) is 12.0. The highest BCUT2D eigenvalue weighted by Gasteiger charge is 2.21. The molecule has 9 aromatic carbocycles. The van der Waals surface area contributed by atoms with Gasteiger partial charge in [0.25, 0.3) is 0 Å². The molecule has 2 heterocycles. The van der Waals surface area contributed by atoms with E-state index < -0.39 is 0 Å². The second-order valence-electron chi connectivity index (χ2n) is 14.0. The number of nitrogens with zero attached hydrogens (tertiary/aromatic N) is 2. The highest BCUT2D eigenvalue weighted by molar-refractivity contribution is 6.20. The molecule has 2 aromatic heterocycles. The molecule has 258 valence electrons. The predicted octanol–water partition coefficient (Wildman–Crippen LogP) is 14.5. The van der Waals surface area contributed by atoms with Gasteiger partial charge >= 0.3 is 0 Å². The van der Waals surface area contributed by atoms with E-state index in [9.17, 15) is 0 Å². The van der Waals surface area contributed by atoms with Crippen molar-refractivity contribution in [3.8, 4) is 33.7 Å². The fraction of sp³-hybridized carbons (Fsp3) is 0. The maximum absolute atomic E-state index is 6.79. The van der Waals surface area contributed by atoms with Crippen LogP contribution in [0.25, 0.3) is 88.3 Å². The van der Waals surface area contributed by atoms with E-state index >= 15 is 0 Å². The van der Waals surface area contributed by atoms with Crippen LogP contribution < -0.4 is 4.90 Å². The van der Waals surface area contributed by atoms with Crippen LogP contribution in [-0.4, -0.2) is 4.98 Å². The van der Waals surface area contributed by atoms with Gasteiger partial charge < -0.3 is 13.7 Å². The third kappa shape index (κ3) is 5.34. The van der Waals surface area contributed by atoms with Crippen LogP contribution in [0.5, 0.6) is 0 Å². The number of hydrogen-bond donors (Lipinski definition) is 0. The van der Waals surface area contributed by atoms with Gasteiger partial charge in [-0.1, -0.05) is 127 Å². The van der Waals surface area contributed by atoms with Crippen molar-refractivity contribution in [1.82, 2.24) is 4.98 Å². The normalized spacial score (nSPS) is 11.6. The van der Waals surface area contributed by atoms with Gasteiger partial charge in [0.15, 0.2) is 5.58 Å². The van der Waals surface area contributed by atoms with E-state index in [4.69, 9.17) is 13.8 Å². The van der Waals surface area contributed by atoms with Crippen LogP contribution >= 0.6 is 0 Å². The molecule has 0 amide bonds. The van der Waals surface area contributed by atoms with Crippen molar-refractivity contribution in [3.63, 3.8) is 0 Å². The Morgan fingerprint density at radius 1 is 0.364 bits per heavy atom. The largest absolute Gasteiger partial charge is 0.455 e. The Bertz CT molecular complexity index is 3200. The van der Waals surface area contributed by atoms with E-state index in [1.807, 2.05) is 36.4 Å². The van der Waals surface area contributed by atoms with Crippen molar-refractivity contribution >= 4 is 71.6 Å². The zero-order chi connectivity index (χ0) is 36.3. The molecule has 0 N–H and O–H groups in total. The maximum atomic E-state index is 6.79. The Kier molecular flexibility index (Phi) is 7.14. The number of benzene rings is 9. The lowest BCUT2D eigenvalue weighted by Gasteiger charge is -2.27. The summed E-state index contributed by atoms with van der Waals surface area (Å²) in [5.74, 6) is 0.619. The van der Waals surface area contributed by atoms with Crippen molar-refractivity contribution in [2.75, 3.05) is 4.90 Å². The summed E-state index contributed by atoms with van der Waals surface area (Å²) >= 11 is 0. The molecular weight excluding hydrogens is 673 g/mol. The first-order chi connectivity index (χ1) is 27.2. The fourth-order valence-electron chi connectivity index (χ4n) is 7.93. The van der Waals surface area contributed by atoms with Crippen molar-refractivity contribution in [3.05, 3.63) is 194 Å². The second kappa shape index (κ2) is 12.6. The average Bonchev–Trinajstić information content (AvgIpc) is 3.86. The Morgan fingerprint density at radius 3 is 1.82 bits per heavy atom. The number of anilines is 3. The molecule has 4 nitrogen and oxygen atoms in total. The summed E-state index contributed by atoms with van der Waals surface area (Å²) in [7, 11) is 0. The highest BCUT2D eigenvalue weighted by Crippen LogP contribution is 2.45. The molecule has 4 heteroatoms. The van der Waals surface area contributed by atoms with Crippen molar-refractivity contribution in [1.29, 1.82) is 0 Å². The molecule has 55 heavy (non-hydrogen) atoms. The minimum absolute atomic E-state index is 0.619. The third-order valence-corrected chi connectivity index (χ3v) is 10.7. The first-order valence-corrected chi connectivity index (χ1v) is 18.5. The quantitative estimate of drug-likeness (QED) is 0.173. The maximum Gasteiger partial charge on any atom is 0.227 e. The van der Waals surface area contributed by atoms with Gasteiger partial charge in [0, 0.05) is 38.5 Å². The topological polar surface area (TPSA) is 42.4 Å². The minimum Gasteiger partial charge on any atom is -0.455 e. The molecule has 0 saturated heterocycles. The molecule has 0 spiro atoms. The molecule has 0 saturated carbocycles. The number of rotatable bonds is 6. The lowest BCUT2D eigenvalue weighted by molar-refractivity contribution is 0.620. The predicted molar refractivity (Wildman–Crippen MR) is 227 cm³/mol. The molecule has 0 fully saturated rings. The Labute approximate surface area is 317 Å². The Balaban J connectivity index is 1.07. The van der Waals surface area contributed by atoms with Gasteiger partial charge in [-0.25, -0.2) is 4.98 Å². The zero-order valence-corrected chi connectivity index (χ0v) is 29.7.